The molecule has 0 atom stereocenters. The largest absolute Gasteiger partial charge is 0.494 e. The van der Waals surface area contributed by atoms with Gasteiger partial charge >= 0.3 is 0 Å². The number of ether oxygens (including phenoxy) is 1. The van der Waals surface area contributed by atoms with Gasteiger partial charge in [-0.2, -0.15) is 10.2 Å². The Morgan fingerprint density at radius 3 is 2.65 bits per heavy atom. The maximum Gasteiger partial charge on any atom is 0.232 e. The van der Waals surface area contributed by atoms with Crippen molar-refractivity contribution in [2.24, 2.45) is 5.92 Å². The van der Waals surface area contributed by atoms with E-state index < -0.39 is 0 Å². The van der Waals surface area contributed by atoms with Crippen molar-refractivity contribution < 1.29 is 9.15 Å². The van der Waals surface area contributed by atoms with E-state index in [9.17, 15) is 0 Å². The van der Waals surface area contributed by atoms with Gasteiger partial charge in [0, 0.05) is 12.6 Å². The van der Waals surface area contributed by atoms with Gasteiger partial charge in [-0.25, -0.2) is 0 Å². The molecule has 0 spiro atoms. The average Bonchev–Trinajstić information content (AvgIpc) is 2.95. The molecule has 0 radical (unpaired) electrons. The molecule has 2 rings (SSSR count). The van der Waals surface area contributed by atoms with Gasteiger partial charge in [-0.05, 0) is 36.6 Å². The van der Waals surface area contributed by atoms with Crippen molar-refractivity contribution in [1.82, 2.24) is 4.98 Å². The lowest BCUT2D eigenvalue weighted by atomic mass is 10.2. The molecule has 0 bridgehead atoms. The Kier molecular flexibility index (Phi) is 5.81. The molecule has 120 valence electrons. The summed E-state index contributed by atoms with van der Waals surface area (Å²) in [6, 6.07) is 9.77. The average molecular weight is 311 g/mol. The van der Waals surface area contributed by atoms with E-state index in [2.05, 4.69) is 24.1 Å². The number of hydrogen-bond donors (Lipinski definition) is 1. The topological polar surface area (TPSA) is 71.1 Å². The van der Waals surface area contributed by atoms with Crippen LogP contribution in [0.2, 0.25) is 0 Å². The number of hydrogen-bond acceptors (Lipinski definition) is 5. The molecule has 1 aromatic carbocycles. The summed E-state index contributed by atoms with van der Waals surface area (Å²) in [7, 11) is 0. The molecule has 2 aromatic rings. The Hall–Kier alpha value is -2.74. The number of oxazole rings is 1. The van der Waals surface area contributed by atoms with Gasteiger partial charge in [0.05, 0.1) is 6.61 Å². The van der Waals surface area contributed by atoms with Crippen molar-refractivity contribution in [3.63, 3.8) is 0 Å². The van der Waals surface area contributed by atoms with Gasteiger partial charge < -0.3 is 14.5 Å². The van der Waals surface area contributed by atoms with Crippen LogP contribution in [0.15, 0.2) is 28.7 Å². The number of anilines is 1. The minimum atomic E-state index is 0.275. The Morgan fingerprint density at radius 1 is 1.30 bits per heavy atom. The van der Waals surface area contributed by atoms with Crippen molar-refractivity contribution in [3.05, 3.63) is 41.4 Å². The molecule has 1 heterocycles. The van der Waals surface area contributed by atoms with Crippen molar-refractivity contribution in [1.29, 1.82) is 5.26 Å². The van der Waals surface area contributed by atoms with Crippen LogP contribution in [0.1, 0.15) is 37.9 Å². The lowest BCUT2D eigenvalue weighted by Crippen LogP contribution is -2.08. The lowest BCUT2D eigenvalue weighted by Gasteiger charge is -2.04. The highest BCUT2D eigenvalue weighted by Crippen LogP contribution is 2.19. The monoisotopic (exact) mass is 311 g/mol. The number of nitriles is 1. The van der Waals surface area contributed by atoms with Crippen LogP contribution in [0.25, 0.3) is 12.2 Å². The summed E-state index contributed by atoms with van der Waals surface area (Å²) in [5.41, 5.74) is 1.28. The summed E-state index contributed by atoms with van der Waals surface area (Å²) in [4.78, 5) is 4.17. The fourth-order valence-electron chi connectivity index (χ4n) is 1.91. The van der Waals surface area contributed by atoms with E-state index in [1.54, 1.807) is 6.08 Å². The smallest absolute Gasteiger partial charge is 0.232 e. The zero-order valence-corrected chi connectivity index (χ0v) is 13.7. The fourth-order valence-corrected chi connectivity index (χ4v) is 1.91. The van der Waals surface area contributed by atoms with Gasteiger partial charge in [-0.1, -0.05) is 26.0 Å². The normalized spacial score (nSPS) is 10.9. The van der Waals surface area contributed by atoms with E-state index in [1.165, 1.54) is 0 Å². The van der Waals surface area contributed by atoms with Crippen LogP contribution in [0.3, 0.4) is 0 Å². The second-order valence-corrected chi connectivity index (χ2v) is 5.45. The predicted octanol–water partition coefficient (Wildman–Crippen LogP) is 4.18. The highest BCUT2D eigenvalue weighted by atomic mass is 16.5. The second kappa shape index (κ2) is 8.04. The van der Waals surface area contributed by atoms with Crippen molar-refractivity contribution >= 4 is 18.0 Å². The molecule has 5 nitrogen and oxygen atoms in total. The van der Waals surface area contributed by atoms with Crippen LogP contribution in [0.4, 0.5) is 5.88 Å². The number of nitrogens with zero attached hydrogens (tertiary/aromatic N) is 2. The summed E-state index contributed by atoms with van der Waals surface area (Å²) in [6.07, 6.45) is 3.63. The highest BCUT2D eigenvalue weighted by molar-refractivity contribution is 5.67. The zero-order chi connectivity index (χ0) is 16.7. The van der Waals surface area contributed by atoms with E-state index in [-0.39, 0.29) is 5.69 Å². The molecule has 0 fully saturated rings. The van der Waals surface area contributed by atoms with E-state index in [4.69, 9.17) is 14.4 Å². The summed E-state index contributed by atoms with van der Waals surface area (Å²) >= 11 is 0. The number of nitrogens with one attached hydrogen (secondary N) is 1. The highest BCUT2D eigenvalue weighted by Gasteiger charge is 2.11. The molecule has 0 saturated carbocycles. The fraction of sp³-hybridized carbons (Fsp3) is 0.333. The van der Waals surface area contributed by atoms with Gasteiger partial charge in [-0.3, -0.25) is 0 Å². The van der Waals surface area contributed by atoms with Gasteiger partial charge in [0.2, 0.25) is 17.5 Å². The van der Waals surface area contributed by atoms with Crippen LogP contribution in [-0.2, 0) is 0 Å². The maximum absolute atomic E-state index is 9.11. The third kappa shape index (κ3) is 4.89. The van der Waals surface area contributed by atoms with E-state index in [1.807, 2.05) is 43.3 Å². The maximum atomic E-state index is 9.11. The van der Waals surface area contributed by atoms with Gasteiger partial charge in [-0.15, -0.1) is 0 Å². The Labute approximate surface area is 136 Å². The molecule has 1 N–H and O–H groups in total. The minimum absolute atomic E-state index is 0.275. The summed E-state index contributed by atoms with van der Waals surface area (Å²) < 4.78 is 11.0. The third-order valence-electron chi connectivity index (χ3n) is 3.03. The Bertz CT molecular complexity index is 694. The first-order valence-corrected chi connectivity index (χ1v) is 7.68. The van der Waals surface area contributed by atoms with Gasteiger partial charge in [0.1, 0.15) is 11.8 Å². The molecule has 0 aliphatic heterocycles. The molecular formula is C18H21N3O2. The molecule has 23 heavy (non-hydrogen) atoms. The SMILES string of the molecule is CCOc1ccc(/C=C/c2nc(C#N)c(NCC(C)C)o2)cc1. The van der Waals surface area contributed by atoms with E-state index >= 15 is 0 Å². The number of aromatic nitrogens is 1. The van der Waals surface area contributed by atoms with Crippen LogP contribution in [0, 0.1) is 17.2 Å². The third-order valence-corrected chi connectivity index (χ3v) is 3.03. The Morgan fingerprint density at radius 2 is 2.04 bits per heavy atom. The van der Waals surface area contributed by atoms with Crippen LogP contribution in [0.5, 0.6) is 5.75 Å². The first-order valence-electron chi connectivity index (χ1n) is 7.68. The summed E-state index contributed by atoms with van der Waals surface area (Å²) in [5, 5.41) is 12.2. The molecule has 0 amide bonds. The lowest BCUT2D eigenvalue weighted by molar-refractivity contribution is 0.340. The molecule has 0 aliphatic rings. The number of benzene rings is 1. The van der Waals surface area contributed by atoms with Crippen molar-refractivity contribution in [3.8, 4) is 11.8 Å². The molecular weight excluding hydrogens is 290 g/mol. The molecule has 0 aliphatic carbocycles. The van der Waals surface area contributed by atoms with Gasteiger partial charge in [0.15, 0.2) is 0 Å². The van der Waals surface area contributed by atoms with Crippen LogP contribution < -0.4 is 10.1 Å². The quantitative estimate of drug-likeness (QED) is 0.830. The van der Waals surface area contributed by atoms with Crippen LogP contribution in [-0.4, -0.2) is 18.1 Å². The van der Waals surface area contributed by atoms with E-state index in [0.717, 1.165) is 17.9 Å². The predicted molar refractivity (Wildman–Crippen MR) is 91.1 cm³/mol. The minimum Gasteiger partial charge on any atom is -0.494 e. The molecule has 1 aromatic heterocycles. The van der Waals surface area contributed by atoms with Gasteiger partial charge in [0.25, 0.3) is 0 Å². The first kappa shape index (κ1) is 16.6. The zero-order valence-electron chi connectivity index (χ0n) is 13.7. The summed E-state index contributed by atoms with van der Waals surface area (Å²) in [6.45, 7) is 7.50. The van der Waals surface area contributed by atoms with Crippen LogP contribution >= 0.6 is 0 Å². The summed E-state index contributed by atoms with van der Waals surface area (Å²) in [5.74, 6) is 2.12. The molecule has 0 unspecified atom stereocenters. The molecule has 0 saturated heterocycles. The Balaban J connectivity index is 2.08. The number of rotatable bonds is 7. The standard InChI is InChI=1S/C18H21N3O2/c1-4-22-15-8-5-14(6-9-15)7-10-17-21-16(11-19)18(23-17)20-12-13(2)3/h5-10,13,20H,4,12H2,1-3H3/b10-7+. The van der Waals surface area contributed by atoms with Crippen molar-refractivity contribution in [2.75, 3.05) is 18.5 Å². The second-order valence-electron chi connectivity index (χ2n) is 5.45. The van der Waals surface area contributed by atoms with Crippen molar-refractivity contribution in [2.45, 2.75) is 20.8 Å². The van der Waals surface area contributed by atoms with E-state index in [0.29, 0.717) is 24.3 Å². The first-order chi connectivity index (χ1) is 11.1. The molecule has 5 heteroatoms.